The van der Waals surface area contributed by atoms with Crippen LogP contribution in [0.25, 0.3) is 11.3 Å². The summed E-state index contributed by atoms with van der Waals surface area (Å²) in [7, 11) is 1.81. The van der Waals surface area contributed by atoms with E-state index in [1.807, 2.05) is 19.2 Å². The van der Waals surface area contributed by atoms with Crippen molar-refractivity contribution in [3.05, 3.63) is 70.6 Å². The molecule has 0 bridgehead atoms. The van der Waals surface area contributed by atoms with E-state index in [4.69, 9.17) is 5.73 Å². The third-order valence-corrected chi connectivity index (χ3v) is 4.37. The Kier molecular flexibility index (Phi) is 4.49. The summed E-state index contributed by atoms with van der Waals surface area (Å²) in [6.45, 7) is 0.136. The Labute approximate surface area is 147 Å². The maximum absolute atomic E-state index is 13.1. The normalized spacial score (nSPS) is 10.8. The number of carbonyl (C=O) groups excluding carboxylic acids is 1. The van der Waals surface area contributed by atoms with Crippen LogP contribution in [0.2, 0.25) is 0 Å². The molecular weight excluding hydrogens is 373 g/mol. The Bertz CT molecular complexity index is 903. The van der Waals surface area contributed by atoms with Crippen LogP contribution in [0.4, 0.5) is 10.3 Å². The quantitative estimate of drug-likeness (QED) is 0.550. The number of nitrogen functional groups attached to an aromatic ring is 1. The van der Waals surface area contributed by atoms with Crippen molar-refractivity contribution in [2.45, 2.75) is 6.54 Å². The van der Waals surface area contributed by atoms with Crippen molar-refractivity contribution in [2.24, 2.45) is 7.05 Å². The molecule has 0 aliphatic rings. The minimum Gasteiger partial charge on any atom is -0.291 e. The molecule has 0 aliphatic carbocycles. The summed E-state index contributed by atoms with van der Waals surface area (Å²) in [6, 6.07) is 13.4. The van der Waals surface area contributed by atoms with E-state index in [9.17, 15) is 9.18 Å². The molecule has 3 rings (SSSR count). The molecule has 2 N–H and O–H groups in total. The van der Waals surface area contributed by atoms with Crippen LogP contribution >= 0.6 is 15.9 Å². The topological polar surface area (TPSA) is 51.9 Å². The molecule has 1 heterocycles. The fourth-order valence-corrected chi connectivity index (χ4v) is 2.94. The lowest BCUT2D eigenvalue weighted by molar-refractivity contribution is -0.667. The van der Waals surface area contributed by atoms with E-state index < -0.39 is 0 Å². The van der Waals surface area contributed by atoms with E-state index in [2.05, 4.69) is 15.9 Å². The molecule has 0 radical (unpaired) electrons. The predicted molar refractivity (Wildman–Crippen MR) is 93.9 cm³/mol. The van der Waals surface area contributed by atoms with E-state index in [0.717, 1.165) is 15.7 Å². The van der Waals surface area contributed by atoms with Crippen LogP contribution in [-0.4, -0.2) is 10.4 Å². The smallest absolute Gasteiger partial charge is 0.291 e. The van der Waals surface area contributed by atoms with Crippen LogP contribution < -0.4 is 10.3 Å². The number of carbonyl (C=O) groups is 1. The lowest BCUT2D eigenvalue weighted by Crippen LogP contribution is -2.39. The van der Waals surface area contributed by atoms with E-state index in [1.165, 1.54) is 12.1 Å². The number of aromatic nitrogens is 2. The zero-order valence-electron chi connectivity index (χ0n) is 13.0. The van der Waals surface area contributed by atoms with Gasteiger partial charge in [-0.2, -0.15) is 0 Å². The molecule has 24 heavy (non-hydrogen) atoms. The summed E-state index contributed by atoms with van der Waals surface area (Å²) in [5, 5.41) is 0. The number of hydrogen-bond acceptors (Lipinski definition) is 2. The van der Waals surface area contributed by atoms with Gasteiger partial charge in [-0.25, -0.2) is 13.5 Å². The summed E-state index contributed by atoms with van der Waals surface area (Å²) < 4.78 is 17.4. The maximum Gasteiger partial charge on any atom is 0.355 e. The van der Waals surface area contributed by atoms with Gasteiger partial charge in [0.15, 0.2) is 5.78 Å². The van der Waals surface area contributed by atoms with Gasteiger partial charge in [-0.3, -0.25) is 10.5 Å². The van der Waals surface area contributed by atoms with E-state index >= 15 is 0 Å². The van der Waals surface area contributed by atoms with Crippen LogP contribution in [0.3, 0.4) is 0 Å². The first kappa shape index (κ1) is 16.4. The number of benzene rings is 2. The molecule has 1 aromatic heterocycles. The minimum absolute atomic E-state index is 0.0377. The Morgan fingerprint density at radius 2 is 1.96 bits per heavy atom. The standard InChI is InChI=1S/C18H15BrFN3O/c1-22-16(12-5-7-15(20)8-6-12)10-23(18(22)21)11-17(24)13-3-2-4-14(19)9-13/h2-10,21H,11H2,1H3/p+1. The molecule has 0 atom stereocenters. The highest BCUT2D eigenvalue weighted by Crippen LogP contribution is 2.20. The Morgan fingerprint density at radius 1 is 1.25 bits per heavy atom. The highest BCUT2D eigenvalue weighted by atomic mass is 79.9. The first-order chi connectivity index (χ1) is 11.5. The highest BCUT2D eigenvalue weighted by molar-refractivity contribution is 9.10. The number of nitrogens with zero attached hydrogens (tertiary/aromatic N) is 2. The van der Waals surface area contributed by atoms with E-state index in [1.54, 1.807) is 39.6 Å². The van der Waals surface area contributed by atoms with Crippen molar-refractivity contribution in [3.8, 4) is 11.3 Å². The molecule has 0 amide bonds. The van der Waals surface area contributed by atoms with Gasteiger partial charge in [-0.15, -0.1) is 0 Å². The van der Waals surface area contributed by atoms with Crippen molar-refractivity contribution in [2.75, 3.05) is 5.73 Å². The van der Waals surface area contributed by atoms with Gasteiger partial charge >= 0.3 is 5.95 Å². The van der Waals surface area contributed by atoms with Gasteiger partial charge in [0.25, 0.3) is 0 Å². The minimum atomic E-state index is -0.293. The van der Waals surface area contributed by atoms with Gasteiger partial charge in [-0.05, 0) is 36.4 Å². The number of nitrogens with two attached hydrogens (primary N) is 1. The summed E-state index contributed by atoms with van der Waals surface area (Å²) >= 11 is 3.36. The first-order valence-corrected chi connectivity index (χ1v) is 8.14. The SMILES string of the molecule is Cn1c(-c2ccc(F)cc2)c[n+](CC(=O)c2cccc(Br)c2)c1N. The average Bonchev–Trinajstić information content (AvgIpc) is 2.84. The molecule has 2 aromatic carbocycles. The lowest BCUT2D eigenvalue weighted by Gasteiger charge is -2.01. The second kappa shape index (κ2) is 6.57. The zero-order valence-corrected chi connectivity index (χ0v) is 14.6. The van der Waals surface area contributed by atoms with Crippen molar-refractivity contribution in [1.29, 1.82) is 0 Å². The van der Waals surface area contributed by atoms with Crippen LogP contribution in [0.15, 0.2) is 59.2 Å². The molecule has 4 nitrogen and oxygen atoms in total. The first-order valence-electron chi connectivity index (χ1n) is 7.35. The summed E-state index contributed by atoms with van der Waals surface area (Å²) in [4.78, 5) is 12.5. The van der Waals surface area contributed by atoms with Crippen LogP contribution in [0, 0.1) is 5.82 Å². The molecule has 0 aliphatic heterocycles. The molecule has 3 aromatic rings. The number of Topliss-reactive ketones (excluding diaryl/α,β-unsaturated/α-hetero) is 1. The van der Waals surface area contributed by atoms with Gasteiger partial charge in [-0.1, -0.05) is 28.1 Å². The molecular formula is C18H16BrFN3O+. The van der Waals surface area contributed by atoms with Crippen LogP contribution in [0.1, 0.15) is 10.4 Å². The molecule has 0 saturated heterocycles. The Hall–Kier alpha value is -2.47. The Morgan fingerprint density at radius 3 is 2.62 bits per heavy atom. The molecule has 0 unspecified atom stereocenters. The monoisotopic (exact) mass is 388 g/mol. The van der Waals surface area contributed by atoms with Crippen molar-refractivity contribution in [1.82, 2.24) is 4.57 Å². The largest absolute Gasteiger partial charge is 0.355 e. The number of halogens is 2. The summed E-state index contributed by atoms with van der Waals surface area (Å²) in [5.74, 6) is 0.126. The van der Waals surface area contributed by atoms with Crippen molar-refractivity contribution in [3.63, 3.8) is 0 Å². The van der Waals surface area contributed by atoms with Crippen LogP contribution in [-0.2, 0) is 13.6 Å². The fourth-order valence-electron chi connectivity index (χ4n) is 2.54. The third kappa shape index (κ3) is 3.23. The number of ketones is 1. The van der Waals surface area contributed by atoms with Crippen molar-refractivity contribution < 1.29 is 13.8 Å². The zero-order chi connectivity index (χ0) is 17.3. The molecule has 0 spiro atoms. The second-order valence-electron chi connectivity index (χ2n) is 5.50. The van der Waals surface area contributed by atoms with Gasteiger partial charge in [0.1, 0.15) is 24.3 Å². The second-order valence-corrected chi connectivity index (χ2v) is 6.42. The van der Waals surface area contributed by atoms with Crippen molar-refractivity contribution >= 4 is 27.7 Å². The molecule has 0 fully saturated rings. The molecule has 6 heteroatoms. The molecule has 122 valence electrons. The average molecular weight is 389 g/mol. The van der Waals surface area contributed by atoms with E-state index in [0.29, 0.717) is 11.5 Å². The molecule has 0 saturated carbocycles. The van der Waals surface area contributed by atoms with Gasteiger partial charge in [0.05, 0.1) is 7.05 Å². The fraction of sp³-hybridized carbons (Fsp3) is 0.111. The van der Waals surface area contributed by atoms with E-state index in [-0.39, 0.29) is 18.1 Å². The highest BCUT2D eigenvalue weighted by Gasteiger charge is 2.20. The summed E-state index contributed by atoms with van der Waals surface area (Å²) in [5.41, 5.74) is 8.38. The maximum atomic E-state index is 13.1. The number of hydrogen-bond donors (Lipinski definition) is 1. The lowest BCUT2D eigenvalue weighted by atomic mass is 10.1. The number of imidazole rings is 1. The predicted octanol–water partition coefficient (Wildman–Crippen LogP) is 3.35. The Balaban J connectivity index is 1.91. The number of rotatable bonds is 4. The van der Waals surface area contributed by atoms with Gasteiger partial charge in [0, 0.05) is 15.6 Å². The van der Waals surface area contributed by atoms with Gasteiger partial charge in [0.2, 0.25) is 0 Å². The van der Waals surface area contributed by atoms with Gasteiger partial charge < -0.3 is 0 Å². The summed E-state index contributed by atoms with van der Waals surface area (Å²) in [6.07, 6.45) is 1.80. The number of anilines is 1. The third-order valence-electron chi connectivity index (χ3n) is 3.88. The van der Waals surface area contributed by atoms with Crippen LogP contribution in [0.5, 0.6) is 0 Å².